The van der Waals surface area contributed by atoms with Crippen LogP contribution in [-0.4, -0.2) is 14.3 Å². The van der Waals surface area contributed by atoms with Crippen LogP contribution < -0.4 is 10.0 Å². The molecular weight excluding hydrogens is 314 g/mol. The molecular formula is C16H15N3O3S. The van der Waals surface area contributed by atoms with Gasteiger partial charge in [-0.3, -0.25) is 9.52 Å². The van der Waals surface area contributed by atoms with Gasteiger partial charge in [-0.15, -0.1) is 0 Å². The number of carbonyl (C=O) groups excluding carboxylic acids is 1. The summed E-state index contributed by atoms with van der Waals surface area (Å²) >= 11 is 0. The van der Waals surface area contributed by atoms with E-state index in [9.17, 15) is 13.2 Å². The second kappa shape index (κ2) is 6.94. The van der Waals surface area contributed by atoms with Crippen LogP contribution in [0.5, 0.6) is 0 Å². The number of benzene rings is 2. The summed E-state index contributed by atoms with van der Waals surface area (Å²) in [5.74, 6) is -0.443. The fraction of sp³-hybridized carbons (Fsp3) is 0.125. The number of nitrogens with one attached hydrogen (secondary N) is 2. The van der Waals surface area contributed by atoms with Crippen LogP contribution in [-0.2, 0) is 14.8 Å². The van der Waals surface area contributed by atoms with Crippen molar-refractivity contribution in [1.82, 2.24) is 0 Å². The van der Waals surface area contributed by atoms with E-state index in [0.29, 0.717) is 11.4 Å². The molecule has 0 fully saturated rings. The molecule has 2 aromatic rings. The first-order valence-corrected chi connectivity index (χ1v) is 8.26. The van der Waals surface area contributed by atoms with Gasteiger partial charge in [0.25, 0.3) is 10.0 Å². The molecule has 0 aromatic heterocycles. The second-order valence-electron chi connectivity index (χ2n) is 4.83. The minimum absolute atomic E-state index is 0.0824. The molecule has 2 rings (SSSR count). The predicted octanol–water partition coefficient (Wildman–Crippen LogP) is 2.65. The highest BCUT2D eigenvalue weighted by molar-refractivity contribution is 7.92. The van der Waals surface area contributed by atoms with Crippen molar-refractivity contribution in [2.75, 3.05) is 10.0 Å². The lowest BCUT2D eigenvalue weighted by atomic mass is 10.2. The molecule has 7 heteroatoms. The van der Waals surface area contributed by atoms with E-state index < -0.39 is 15.9 Å². The Hall–Kier alpha value is -2.85. The number of hydrogen-bond donors (Lipinski definition) is 2. The number of hydrogen-bond acceptors (Lipinski definition) is 4. The number of aryl methyl sites for hydroxylation is 1. The molecule has 0 aliphatic carbocycles. The van der Waals surface area contributed by atoms with Crippen molar-refractivity contribution in [3.63, 3.8) is 0 Å². The van der Waals surface area contributed by atoms with Gasteiger partial charge in [0, 0.05) is 5.69 Å². The van der Waals surface area contributed by atoms with Gasteiger partial charge in [-0.2, -0.15) is 5.26 Å². The number of rotatable bonds is 5. The molecule has 0 spiro atoms. The maximum Gasteiger partial charge on any atom is 0.261 e. The molecule has 1 amide bonds. The topological polar surface area (TPSA) is 99.1 Å². The maximum atomic E-state index is 12.3. The Kier molecular flexibility index (Phi) is 4.98. The molecule has 6 nitrogen and oxygen atoms in total. The molecule has 2 N–H and O–H groups in total. The lowest BCUT2D eigenvalue weighted by Crippen LogP contribution is -2.14. The number of nitriles is 1. The van der Waals surface area contributed by atoms with Gasteiger partial charge in [-0.1, -0.05) is 18.2 Å². The number of carbonyl (C=O) groups is 1. The molecule has 2 aromatic carbocycles. The first kappa shape index (κ1) is 16.5. The molecule has 0 saturated carbocycles. The Morgan fingerprint density at radius 2 is 1.78 bits per heavy atom. The highest BCUT2D eigenvalue weighted by Crippen LogP contribution is 2.20. The van der Waals surface area contributed by atoms with Crippen molar-refractivity contribution >= 4 is 27.3 Å². The van der Waals surface area contributed by atoms with E-state index in [-0.39, 0.29) is 11.3 Å². The Labute approximate surface area is 134 Å². The average molecular weight is 329 g/mol. The average Bonchev–Trinajstić information content (AvgIpc) is 2.50. The summed E-state index contributed by atoms with van der Waals surface area (Å²) in [7, 11) is -3.71. The van der Waals surface area contributed by atoms with E-state index >= 15 is 0 Å². The molecule has 118 valence electrons. The Morgan fingerprint density at radius 1 is 1.13 bits per heavy atom. The van der Waals surface area contributed by atoms with E-state index in [1.807, 2.05) is 19.1 Å². The summed E-state index contributed by atoms with van der Waals surface area (Å²) in [5, 5.41) is 10.9. The van der Waals surface area contributed by atoms with E-state index in [4.69, 9.17) is 5.26 Å². The number of para-hydroxylation sites is 1. The number of nitrogens with zero attached hydrogens (tertiary/aromatic N) is 1. The van der Waals surface area contributed by atoms with Gasteiger partial charge >= 0.3 is 0 Å². The molecule has 0 radical (unpaired) electrons. The highest BCUT2D eigenvalue weighted by atomic mass is 32.2. The van der Waals surface area contributed by atoms with E-state index in [0.717, 1.165) is 5.56 Å². The summed E-state index contributed by atoms with van der Waals surface area (Å²) in [4.78, 5) is 11.4. The van der Waals surface area contributed by atoms with Crippen molar-refractivity contribution < 1.29 is 13.2 Å². The quantitative estimate of drug-likeness (QED) is 0.881. The Morgan fingerprint density at radius 3 is 2.39 bits per heavy atom. The fourth-order valence-electron chi connectivity index (χ4n) is 1.89. The Bertz CT molecular complexity index is 853. The molecule has 0 heterocycles. The van der Waals surface area contributed by atoms with Crippen molar-refractivity contribution in [3.8, 4) is 6.07 Å². The van der Waals surface area contributed by atoms with Crippen LogP contribution in [0.3, 0.4) is 0 Å². The molecule has 0 unspecified atom stereocenters. The zero-order valence-corrected chi connectivity index (χ0v) is 13.2. The maximum absolute atomic E-state index is 12.3. The highest BCUT2D eigenvalue weighted by Gasteiger charge is 2.15. The van der Waals surface area contributed by atoms with Gasteiger partial charge in [-0.05, 0) is 42.8 Å². The predicted molar refractivity (Wildman–Crippen MR) is 87.3 cm³/mol. The number of amides is 1. The van der Waals surface area contributed by atoms with Gasteiger partial charge < -0.3 is 5.32 Å². The van der Waals surface area contributed by atoms with Crippen LogP contribution in [0.4, 0.5) is 11.4 Å². The lowest BCUT2D eigenvalue weighted by Gasteiger charge is -2.11. The van der Waals surface area contributed by atoms with E-state index in [1.165, 1.54) is 24.3 Å². The van der Waals surface area contributed by atoms with E-state index in [1.54, 1.807) is 18.2 Å². The summed E-state index contributed by atoms with van der Waals surface area (Å²) in [6.45, 7) is 1.81. The number of anilines is 2. The smallest absolute Gasteiger partial charge is 0.261 e. The van der Waals surface area contributed by atoms with Crippen LogP contribution in [0, 0.1) is 18.3 Å². The van der Waals surface area contributed by atoms with Crippen molar-refractivity contribution in [2.45, 2.75) is 18.2 Å². The summed E-state index contributed by atoms with van der Waals surface area (Å²) in [6, 6.07) is 14.5. The van der Waals surface area contributed by atoms with Gasteiger partial charge in [0.2, 0.25) is 5.91 Å². The molecule has 0 aliphatic heterocycles. The zero-order chi connectivity index (χ0) is 16.9. The van der Waals surface area contributed by atoms with Crippen LogP contribution in [0.15, 0.2) is 53.4 Å². The first-order chi connectivity index (χ1) is 10.9. The van der Waals surface area contributed by atoms with E-state index in [2.05, 4.69) is 10.0 Å². The van der Waals surface area contributed by atoms with Gasteiger partial charge in [0.05, 0.1) is 16.7 Å². The van der Waals surface area contributed by atoms with Crippen LogP contribution in [0.25, 0.3) is 0 Å². The summed E-state index contributed by atoms with van der Waals surface area (Å²) < 4.78 is 27.2. The largest absolute Gasteiger partial charge is 0.325 e. The molecule has 23 heavy (non-hydrogen) atoms. The van der Waals surface area contributed by atoms with Crippen LogP contribution in [0.2, 0.25) is 0 Å². The van der Waals surface area contributed by atoms with Crippen molar-refractivity contribution in [1.29, 1.82) is 5.26 Å². The van der Waals surface area contributed by atoms with Gasteiger partial charge in [-0.25, -0.2) is 8.42 Å². The molecule has 0 atom stereocenters. The third-order valence-electron chi connectivity index (χ3n) is 3.08. The van der Waals surface area contributed by atoms with Crippen molar-refractivity contribution in [3.05, 3.63) is 54.1 Å². The minimum Gasteiger partial charge on any atom is -0.325 e. The third-order valence-corrected chi connectivity index (χ3v) is 4.46. The monoisotopic (exact) mass is 329 g/mol. The molecule has 0 aliphatic rings. The first-order valence-electron chi connectivity index (χ1n) is 6.78. The zero-order valence-electron chi connectivity index (χ0n) is 12.4. The Balaban J connectivity index is 2.16. The van der Waals surface area contributed by atoms with Gasteiger partial charge in [0.15, 0.2) is 0 Å². The normalized spacial score (nSPS) is 10.6. The minimum atomic E-state index is -3.71. The molecule has 0 saturated heterocycles. The second-order valence-corrected chi connectivity index (χ2v) is 6.51. The van der Waals surface area contributed by atoms with Crippen molar-refractivity contribution in [2.24, 2.45) is 0 Å². The van der Waals surface area contributed by atoms with Crippen LogP contribution in [0.1, 0.15) is 12.0 Å². The summed E-state index contributed by atoms with van der Waals surface area (Å²) in [6.07, 6.45) is -0.255. The standard InChI is InChI=1S/C16H15N3O3S/c1-12-4-2-3-5-15(12)19-23(21,22)14-8-6-13(7-9-14)18-16(20)10-11-17/h2-9,19H,10H2,1H3,(H,18,20). The molecule has 0 bridgehead atoms. The fourth-order valence-corrected chi connectivity index (χ4v) is 3.02. The lowest BCUT2D eigenvalue weighted by molar-refractivity contribution is -0.115. The SMILES string of the molecule is Cc1ccccc1NS(=O)(=O)c1ccc(NC(=O)CC#N)cc1. The number of sulfonamides is 1. The summed E-state index contributed by atoms with van der Waals surface area (Å²) in [5.41, 5.74) is 1.76. The van der Waals surface area contributed by atoms with Crippen LogP contribution >= 0.6 is 0 Å². The van der Waals surface area contributed by atoms with Gasteiger partial charge in [0.1, 0.15) is 6.42 Å². The third kappa shape index (κ3) is 4.31.